The Kier molecular flexibility index (Phi) is 18.5. The van der Waals surface area contributed by atoms with Gasteiger partial charge in [-0.3, -0.25) is 0 Å². The van der Waals surface area contributed by atoms with Gasteiger partial charge in [0.15, 0.2) is 0 Å². The van der Waals surface area contributed by atoms with Crippen molar-refractivity contribution < 1.29 is 14.2 Å². The number of hydrogen-bond donors (Lipinski definition) is 0. The first-order chi connectivity index (χ1) is 24.1. The molecule has 0 heterocycles. The van der Waals surface area contributed by atoms with Crippen molar-refractivity contribution in [1.82, 2.24) is 0 Å². The minimum atomic E-state index is 0.612. The Bertz CT molecular complexity index is 1100. The summed E-state index contributed by atoms with van der Waals surface area (Å²) in [4.78, 5) is 0. The van der Waals surface area contributed by atoms with Crippen molar-refractivity contribution in [2.75, 3.05) is 26.4 Å². The van der Waals surface area contributed by atoms with E-state index >= 15 is 0 Å². The topological polar surface area (TPSA) is 27.7 Å². The van der Waals surface area contributed by atoms with Crippen LogP contribution in [-0.2, 0) is 4.74 Å². The average Bonchev–Trinajstić information content (AvgIpc) is 3.14. The van der Waals surface area contributed by atoms with E-state index in [1.807, 2.05) is 0 Å². The Balaban J connectivity index is 1.43. The van der Waals surface area contributed by atoms with E-state index in [1.165, 1.54) is 125 Å². The van der Waals surface area contributed by atoms with Gasteiger partial charge in [0.2, 0.25) is 0 Å². The molecule has 0 bridgehead atoms. The SMILES string of the molecule is CCCCC[C@H]1CC[C@H](C(=CCOCC=C(c2ccc(OCCC)cc2)[C@H]2CC[C@H](CCCCC)CC2)c2ccc(OCCC)cc2)CC1. The summed E-state index contributed by atoms with van der Waals surface area (Å²) in [5.74, 6) is 4.98. The van der Waals surface area contributed by atoms with Gasteiger partial charge < -0.3 is 14.2 Å². The average molecular weight is 671 g/mol. The van der Waals surface area contributed by atoms with Gasteiger partial charge in [-0.1, -0.05) is 115 Å². The second-order valence-electron chi connectivity index (χ2n) is 15.0. The molecule has 2 aromatic rings. The molecule has 0 atom stereocenters. The van der Waals surface area contributed by atoms with Crippen molar-refractivity contribution in [3.8, 4) is 11.5 Å². The van der Waals surface area contributed by atoms with Crippen LogP contribution in [0.4, 0.5) is 0 Å². The van der Waals surface area contributed by atoms with E-state index < -0.39 is 0 Å². The van der Waals surface area contributed by atoms with Crippen LogP contribution in [0.3, 0.4) is 0 Å². The first kappa shape index (κ1) is 39.3. The summed E-state index contributed by atoms with van der Waals surface area (Å²) < 4.78 is 18.3. The van der Waals surface area contributed by atoms with Crippen molar-refractivity contribution in [2.24, 2.45) is 23.7 Å². The molecule has 2 fully saturated rings. The zero-order valence-corrected chi connectivity index (χ0v) is 31.9. The number of unbranched alkanes of at least 4 members (excludes halogenated alkanes) is 4. The Labute approximate surface area is 301 Å². The first-order valence-electron chi connectivity index (χ1n) is 20.6. The molecule has 0 N–H and O–H groups in total. The van der Waals surface area contributed by atoms with Crippen LogP contribution in [0.5, 0.6) is 11.5 Å². The summed E-state index contributed by atoms with van der Waals surface area (Å²) in [5.41, 5.74) is 5.61. The van der Waals surface area contributed by atoms with Gasteiger partial charge in [-0.2, -0.15) is 0 Å². The normalized spacial score (nSPS) is 21.9. The van der Waals surface area contributed by atoms with Gasteiger partial charge in [0.05, 0.1) is 26.4 Å². The number of hydrogen-bond acceptors (Lipinski definition) is 3. The van der Waals surface area contributed by atoms with Crippen molar-refractivity contribution in [1.29, 1.82) is 0 Å². The lowest BCUT2D eigenvalue weighted by Gasteiger charge is -2.31. The maximum Gasteiger partial charge on any atom is 0.119 e. The van der Waals surface area contributed by atoms with Gasteiger partial charge in [-0.05, 0) is 134 Å². The third-order valence-electron chi connectivity index (χ3n) is 11.2. The van der Waals surface area contributed by atoms with Crippen LogP contribution in [0.15, 0.2) is 60.7 Å². The predicted molar refractivity (Wildman–Crippen MR) is 210 cm³/mol. The molecule has 0 radical (unpaired) electrons. The molecule has 272 valence electrons. The fourth-order valence-corrected chi connectivity index (χ4v) is 8.22. The van der Waals surface area contributed by atoms with Gasteiger partial charge in [0, 0.05) is 0 Å². The third-order valence-corrected chi connectivity index (χ3v) is 11.2. The second-order valence-corrected chi connectivity index (χ2v) is 15.0. The zero-order valence-electron chi connectivity index (χ0n) is 31.9. The molecular formula is C46H70O3. The van der Waals surface area contributed by atoms with Crippen LogP contribution in [-0.4, -0.2) is 26.4 Å². The molecule has 0 unspecified atom stereocenters. The summed E-state index contributed by atoms with van der Waals surface area (Å²) in [7, 11) is 0. The van der Waals surface area contributed by atoms with Crippen molar-refractivity contribution in [3.05, 3.63) is 71.8 Å². The van der Waals surface area contributed by atoms with Crippen LogP contribution in [0.1, 0.15) is 154 Å². The molecule has 0 spiro atoms. The maximum absolute atomic E-state index is 6.44. The summed E-state index contributed by atoms with van der Waals surface area (Å²) >= 11 is 0. The van der Waals surface area contributed by atoms with Gasteiger partial charge in [0.25, 0.3) is 0 Å². The Morgan fingerprint density at radius 3 is 1.24 bits per heavy atom. The molecule has 2 aromatic carbocycles. The van der Waals surface area contributed by atoms with Crippen molar-refractivity contribution in [3.63, 3.8) is 0 Å². The molecule has 2 saturated carbocycles. The molecule has 0 amide bonds. The summed E-state index contributed by atoms with van der Waals surface area (Å²) in [6, 6.07) is 17.7. The van der Waals surface area contributed by atoms with Gasteiger partial charge in [0.1, 0.15) is 11.5 Å². The highest BCUT2D eigenvalue weighted by atomic mass is 16.5. The van der Waals surface area contributed by atoms with Crippen molar-refractivity contribution in [2.45, 2.75) is 143 Å². The lowest BCUT2D eigenvalue weighted by molar-refractivity contribution is 0.193. The molecule has 0 aromatic heterocycles. The highest BCUT2D eigenvalue weighted by Crippen LogP contribution is 2.41. The molecule has 4 rings (SSSR count). The van der Waals surface area contributed by atoms with E-state index in [0.29, 0.717) is 25.0 Å². The van der Waals surface area contributed by atoms with Crippen LogP contribution in [0, 0.1) is 23.7 Å². The van der Waals surface area contributed by atoms with E-state index in [4.69, 9.17) is 14.2 Å². The van der Waals surface area contributed by atoms with Gasteiger partial charge in [-0.15, -0.1) is 0 Å². The van der Waals surface area contributed by atoms with Crippen LogP contribution in [0.2, 0.25) is 0 Å². The smallest absolute Gasteiger partial charge is 0.119 e. The summed E-state index contributed by atoms with van der Waals surface area (Å²) in [6.07, 6.45) is 28.5. The molecule has 0 saturated heterocycles. The quantitative estimate of drug-likeness (QED) is 0.117. The molecular weight excluding hydrogens is 601 g/mol. The maximum atomic E-state index is 6.44. The fraction of sp³-hybridized carbons (Fsp3) is 0.652. The van der Waals surface area contributed by atoms with Gasteiger partial charge >= 0.3 is 0 Å². The highest BCUT2D eigenvalue weighted by Gasteiger charge is 2.26. The minimum Gasteiger partial charge on any atom is -0.494 e. The standard InChI is InChI=1S/C46H70O3/c1-5-9-11-13-37-15-19-39(20-16-37)45(41-23-27-43(28-24-41)48-33-7-3)31-35-47-36-32-46(42-25-29-44(30-26-42)49-34-8-4)40-21-17-38(18-22-40)14-12-10-6-2/h23-32,37-40H,5-22,33-36H2,1-4H3/t37-,38-,39-,40-. The lowest BCUT2D eigenvalue weighted by atomic mass is 9.75. The minimum absolute atomic E-state index is 0.612. The number of rotatable bonds is 22. The van der Waals surface area contributed by atoms with E-state index in [1.54, 1.807) is 0 Å². The lowest BCUT2D eigenvalue weighted by Crippen LogP contribution is -2.17. The summed E-state index contributed by atoms with van der Waals surface area (Å²) in [6.45, 7) is 11.8. The number of benzene rings is 2. The second kappa shape index (κ2) is 23.0. The van der Waals surface area contributed by atoms with Crippen LogP contribution < -0.4 is 9.47 Å². The Morgan fingerprint density at radius 1 is 0.510 bits per heavy atom. The molecule has 3 heteroatoms. The molecule has 0 aliphatic heterocycles. The van der Waals surface area contributed by atoms with Crippen molar-refractivity contribution >= 4 is 11.1 Å². The third kappa shape index (κ3) is 13.6. The molecule has 2 aliphatic carbocycles. The van der Waals surface area contributed by atoms with Crippen LogP contribution >= 0.6 is 0 Å². The number of allylic oxidation sites excluding steroid dienone is 2. The summed E-state index contributed by atoms with van der Waals surface area (Å²) in [5, 5.41) is 0. The number of ether oxygens (including phenoxy) is 3. The van der Waals surface area contributed by atoms with Gasteiger partial charge in [-0.25, -0.2) is 0 Å². The Hall–Kier alpha value is -2.52. The fourth-order valence-electron chi connectivity index (χ4n) is 8.22. The molecule has 2 aliphatic rings. The molecule has 49 heavy (non-hydrogen) atoms. The van der Waals surface area contributed by atoms with E-state index in [2.05, 4.69) is 88.4 Å². The molecule has 3 nitrogen and oxygen atoms in total. The zero-order chi connectivity index (χ0) is 34.5. The van der Waals surface area contributed by atoms with E-state index in [9.17, 15) is 0 Å². The largest absolute Gasteiger partial charge is 0.494 e. The van der Waals surface area contributed by atoms with E-state index in [0.717, 1.165) is 49.4 Å². The Morgan fingerprint density at radius 2 is 0.898 bits per heavy atom. The first-order valence-corrected chi connectivity index (χ1v) is 20.6. The monoisotopic (exact) mass is 671 g/mol. The predicted octanol–water partition coefficient (Wildman–Crippen LogP) is 13.5. The highest BCUT2D eigenvalue weighted by molar-refractivity contribution is 5.69. The van der Waals surface area contributed by atoms with Crippen LogP contribution in [0.25, 0.3) is 11.1 Å². The van der Waals surface area contributed by atoms with E-state index in [-0.39, 0.29) is 0 Å².